The molecule has 0 fully saturated rings. The van der Waals surface area contributed by atoms with Crippen molar-refractivity contribution in [2.24, 2.45) is 0 Å². The highest BCUT2D eigenvalue weighted by Gasteiger charge is 1.80. The van der Waals surface area contributed by atoms with Gasteiger partial charge in [0.25, 0.3) is 0 Å². The first-order valence-electron chi connectivity index (χ1n) is 6.93. The first kappa shape index (κ1) is 23.3. The molecule has 0 radical (unpaired) electrons. The quantitative estimate of drug-likeness (QED) is 0.587. The van der Waals surface area contributed by atoms with E-state index in [1.54, 1.807) is 7.11 Å². The molecule has 0 aromatic heterocycles. The summed E-state index contributed by atoms with van der Waals surface area (Å²) in [6.45, 7) is 10.1. The number of benzene rings is 2. The monoisotopic (exact) mass is 276 g/mol. The summed E-state index contributed by atoms with van der Waals surface area (Å²) in [5, 5.41) is 0. The molecule has 2 aromatic carbocycles. The predicted molar refractivity (Wildman–Crippen MR) is 93.6 cm³/mol. The van der Waals surface area contributed by atoms with E-state index in [1.165, 1.54) is 5.56 Å². The van der Waals surface area contributed by atoms with Gasteiger partial charge in [0.2, 0.25) is 0 Å². The maximum atomic E-state index is 4.91. The third kappa shape index (κ3) is 14.3. The molecule has 0 N–H and O–H groups in total. The van der Waals surface area contributed by atoms with E-state index in [4.69, 9.17) is 4.74 Å². The summed E-state index contributed by atoms with van der Waals surface area (Å²) < 4.78 is 4.91. The molecule has 0 bridgehead atoms. The van der Waals surface area contributed by atoms with Crippen LogP contribution in [-0.2, 0) is 0 Å². The minimum atomic E-state index is 0. The minimum Gasteiger partial charge on any atom is -0.497 e. The van der Waals surface area contributed by atoms with Crippen LogP contribution in [0.2, 0.25) is 0 Å². The zero-order valence-corrected chi connectivity index (χ0v) is 13.2. The van der Waals surface area contributed by atoms with Crippen LogP contribution in [0.3, 0.4) is 0 Å². The van der Waals surface area contributed by atoms with Crippen LogP contribution in [0.1, 0.15) is 40.7 Å². The number of aryl methyl sites for hydroxylation is 1. The van der Waals surface area contributed by atoms with E-state index < -0.39 is 0 Å². The molecule has 0 aliphatic rings. The highest BCUT2D eigenvalue weighted by molar-refractivity contribution is 5.20. The Labute approximate surface area is 126 Å². The van der Waals surface area contributed by atoms with Crippen molar-refractivity contribution in [2.45, 2.75) is 42.0 Å². The van der Waals surface area contributed by atoms with Crippen LogP contribution < -0.4 is 4.74 Å². The standard InChI is InChI=1S/C7H8O.C7H8.2C2H6.CH4/c1-8-7-5-3-2-4-6-7;1-7-5-3-2-4-6-7;2*1-2;/h2-6H,1H3;2-6H,1H3;2*1-2H3;1H4. The molecule has 114 valence electrons. The van der Waals surface area contributed by atoms with Crippen LogP contribution in [0.4, 0.5) is 0 Å². The highest BCUT2D eigenvalue weighted by Crippen LogP contribution is 2.05. The van der Waals surface area contributed by atoms with Crippen molar-refractivity contribution in [3.05, 3.63) is 66.2 Å². The topological polar surface area (TPSA) is 9.23 Å². The Morgan fingerprint density at radius 2 is 1.00 bits per heavy atom. The average Bonchev–Trinajstić information content (AvgIpc) is 2.53. The van der Waals surface area contributed by atoms with Gasteiger partial charge >= 0.3 is 0 Å². The summed E-state index contributed by atoms with van der Waals surface area (Å²) in [6, 6.07) is 19.9. The largest absolute Gasteiger partial charge is 0.497 e. The first-order valence-corrected chi connectivity index (χ1v) is 6.93. The Balaban J connectivity index is -0.000000224. The molecule has 0 heterocycles. The van der Waals surface area contributed by atoms with Crippen molar-refractivity contribution in [1.29, 1.82) is 0 Å². The van der Waals surface area contributed by atoms with Crippen molar-refractivity contribution >= 4 is 0 Å². The molecule has 0 unspecified atom stereocenters. The maximum absolute atomic E-state index is 4.91. The molecular formula is C19H32O. The fourth-order valence-electron chi connectivity index (χ4n) is 1.09. The molecular weight excluding hydrogens is 244 g/mol. The minimum absolute atomic E-state index is 0. The maximum Gasteiger partial charge on any atom is 0.118 e. The third-order valence-electron chi connectivity index (χ3n) is 1.92. The molecule has 2 rings (SSSR count). The zero-order chi connectivity index (χ0) is 14.9. The third-order valence-corrected chi connectivity index (χ3v) is 1.92. The van der Waals surface area contributed by atoms with Crippen LogP contribution in [0.5, 0.6) is 5.75 Å². The lowest BCUT2D eigenvalue weighted by atomic mass is 10.2. The number of rotatable bonds is 1. The van der Waals surface area contributed by atoms with Crippen molar-refractivity contribution in [1.82, 2.24) is 0 Å². The molecule has 0 aliphatic heterocycles. The van der Waals surface area contributed by atoms with Crippen molar-refractivity contribution in [3.8, 4) is 5.75 Å². The zero-order valence-electron chi connectivity index (χ0n) is 13.2. The lowest BCUT2D eigenvalue weighted by Gasteiger charge is -1.93. The van der Waals surface area contributed by atoms with Crippen molar-refractivity contribution in [3.63, 3.8) is 0 Å². The second-order valence-corrected chi connectivity index (χ2v) is 3.17. The van der Waals surface area contributed by atoms with Crippen molar-refractivity contribution in [2.75, 3.05) is 7.11 Å². The molecule has 0 saturated heterocycles. The Bertz CT molecular complexity index is 354. The number of hydrogen-bond donors (Lipinski definition) is 0. The normalized spacial score (nSPS) is 7.10. The van der Waals surface area contributed by atoms with E-state index in [-0.39, 0.29) is 7.43 Å². The van der Waals surface area contributed by atoms with Gasteiger partial charge in [-0.2, -0.15) is 0 Å². The van der Waals surface area contributed by atoms with Crippen LogP contribution in [0, 0.1) is 6.92 Å². The molecule has 1 nitrogen and oxygen atoms in total. The van der Waals surface area contributed by atoms with Crippen molar-refractivity contribution < 1.29 is 4.74 Å². The lowest BCUT2D eigenvalue weighted by molar-refractivity contribution is 0.415. The van der Waals surface area contributed by atoms with Gasteiger partial charge < -0.3 is 4.74 Å². The summed E-state index contributed by atoms with van der Waals surface area (Å²) in [5.74, 6) is 0.910. The Morgan fingerprint density at radius 1 is 0.650 bits per heavy atom. The van der Waals surface area contributed by atoms with Gasteiger partial charge in [-0.1, -0.05) is 89.2 Å². The summed E-state index contributed by atoms with van der Waals surface area (Å²) in [5.41, 5.74) is 1.32. The van der Waals surface area contributed by atoms with Gasteiger partial charge in [-0.15, -0.1) is 0 Å². The Kier molecular flexibility index (Phi) is 22.8. The summed E-state index contributed by atoms with van der Waals surface area (Å²) in [6.07, 6.45) is 0. The van der Waals surface area contributed by atoms with E-state index in [0.29, 0.717) is 0 Å². The molecule has 0 atom stereocenters. The predicted octanol–water partition coefficient (Wildman–Crippen LogP) is 6.38. The van der Waals surface area contributed by atoms with E-state index >= 15 is 0 Å². The summed E-state index contributed by atoms with van der Waals surface area (Å²) in [7, 11) is 1.66. The van der Waals surface area contributed by atoms with E-state index in [0.717, 1.165) is 5.75 Å². The second kappa shape index (κ2) is 19.6. The van der Waals surface area contributed by atoms with Gasteiger partial charge in [0.1, 0.15) is 5.75 Å². The van der Waals surface area contributed by atoms with Crippen LogP contribution in [0.25, 0.3) is 0 Å². The van der Waals surface area contributed by atoms with Crippen LogP contribution in [-0.4, -0.2) is 7.11 Å². The van der Waals surface area contributed by atoms with Gasteiger partial charge in [-0.25, -0.2) is 0 Å². The fraction of sp³-hybridized carbons (Fsp3) is 0.368. The fourth-order valence-corrected chi connectivity index (χ4v) is 1.09. The highest BCUT2D eigenvalue weighted by atomic mass is 16.5. The van der Waals surface area contributed by atoms with E-state index in [9.17, 15) is 0 Å². The molecule has 0 amide bonds. The molecule has 1 heteroatoms. The smallest absolute Gasteiger partial charge is 0.118 e. The first-order chi connectivity index (χ1) is 9.33. The van der Waals surface area contributed by atoms with Gasteiger partial charge in [-0.05, 0) is 19.1 Å². The lowest BCUT2D eigenvalue weighted by Crippen LogP contribution is -1.78. The number of hydrogen-bond acceptors (Lipinski definition) is 1. The van der Waals surface area contributed by atoms with Crippen LogP contribution >= 0.6 is 0 Å². The summed E-state index contributed by atoms with van der Waals surface area (Å²) in [4.78, 5) is 0. The van der Waals surface area contributed by atoms with Gasteiger partial charge in [0.05, 0.1) is 7.11 Å². The van der Waals surface area contributed by atoms with Gasteiger partial charge in [0, 0.05) is 0 Å². The van der Waals surface area contributed by atoms with E-state index in [1.807, 2.05) is 76.2 Å². The average molecular weight is 276 g/mol. The Morgan fingerprint density at radius 3 is 1.20 bits per heavy atom. The molecule has 20 heavy (non-hydrogen) atoms. The molecule has 2 aromatic rings. The number of ether oxygens (including phenoxy) is 1. The molecule has 0 aliphatic carbocycles. The number of methoxy groups -OCH3 is 1. The van der Waals surface area contributed by atoms with Gasteiger partial charge in [0.15, 0.2) is 0 Å². The number of para-hydroxylation sites is 1. The molecule has 0 saturated carbocycles. The van der Waals surface area contributed by atoms with Gasteiger partial charge in [-0.3, -0.25) is 0 Å². The summed E-state index contributed by atoms with van der Waals surface area (Å²) >= 11 is 0. The van der Waals surface area contributed by atoms with E-state index in [2.05, 4.69) is 19.1 Å². The van der Waals surface area contributed by atoms with Crippen LogP contribution in [0.15, 0.2) is 60.7 Å². The molecule has 0 spiro atoms. The second-order valence-electron chi connectivity index (χ2n) is 3.17. The SMILES string of the molecule is C.CC.CC.COc1ccccc1.Cc1ccccc1. The Hall–Kier alpha value is -1.76.